The number of carbonyl (C=O) groups excluding carboxylic acids is 1. The van der Waals surface area contributed by atoms with E-state index >= 15 is 0 Å². The van der Waals surface area contributed by atoms with Gasteiger partial charge in [-0.2, -0.15) is 13.2 Å². The Labute approximate surface area is 114 Å². The number of esters is 1. The highest BCUT2D eigenvalue weighted by molar-refractivity contribution is 6.31. The molecule has 0 unspecified atom stereocenters. The van der Waals surface area contributed by atoms with E-state index in [4.69, 9.17) is 16.3 Å². The molecule has 0 fully saturated rings. The van der Waals surface area contributed by atoms with Crippen molar-refractivity contribution in [1.82, 2.24) is 0 Å². The normalized spacial score (nSPS) is 12.4. The number of halogens is 4. The molecule has 1 aromatic carbocycles. The van der Waals surface area contributed by atoms with Crippen LogP contribution in [-0.4, -0.2) is 11.6 Å². The summed E-state index contributed by atoms with van der Waals surface area (Å²) in [5.41, 5.74) is -1.91. The Hall–Kier alpha value is -1.23. The van der Waals surface area contributed by atoms with Gasteiger partial charge in [0.2, 0.25) is 0 Å². The Morgan fingerprint density at radius 3 is 2.32 bits per heavy atom. The number of rotatable bonds is 2. The average molecular weight is 295 g/mol. The van der Waals surface area contributed by atoms with Crippen molar-refractivity contribution in [3.63, 3.8) is 0 Å². The Morgan fingerprint density at radius 1 is 1.26 bits per heavy atom. The molecule has 0 spiro atoms. The number of alkyl halides is 3. The summed E-state index contributed by atoms with van der Waals surface area (Å²) in [5, 5.41) is -0.423. The van der Waals surface area contributed by atoms with Gasteiger partial charge in [-0.3, -0.25) is 4.79 Å². The quantitative estimate of drug-likeness (QED) is 0.763. The maximum atomic E-state index is 12.9. The summed E-state index contributed by atoms with van der Waals surface area (Å²) >= 11 is 5.56. The third-order valence-electron chi connectivity index (χ3n) is 2.14. The summed E-state index contributed by atoms with van der Waals surface area (Å²) in [6.07, 6.45) is -5.07. The van der Waals surface area contributed by atoms with Gasteiger partial charge < -0.3 is 4.74 Å². The van der Waals surface area contributed by atoms with Gasteiger partial charge in [0.25, 0.3) is 0 Å². The zero-order valence-corrected chi connectivity index (χ0v) is 11.5. The minimum atomic E-state index is -4.60. The second-order valence-corrected chi connectivity index (χ2v) is 5.44. The molecule has 0 saturated carbocycles. The second kappa shape index (κ2) is 5.41. The summed E-state index contributed by atoms with van der Waals surface area (Å²) in [7, 11) is 0. The third kappa shape index (κ3) is 4.74. The summed E-state index contributed by atoms with van der Waals surface area (Å²) in [5.74, 6) is -0.722. The smallest absolute Gasteiger partial charge is 0.418 e. The molecule has 0 aliphatic heterocycles. The number of hydrogen-bond acceptors (Lipinski definition) is 2. The largest absolute Gasteiger partial charge is 0.460 e. The van der Waals surface area contributed by atoms with Crippen LogP contribution in [-0.2, 0) is 22.1 Å². The number of ether oxygens (including phenoxy) is 1. The molecular weight excluding hydrogens is 281 g/mol. The van der Waals surface area contributed by atoms with E-state index in [1.165, 1.54) is 12.1 Å². The number of benzene rings is 1. The van der Waals surface area contributed by atoms with Gasteiger partial charge in [-0.25, -0.2) is 0 Å². The van der Waals surface area contributed by atoms with Gasteiger partial charge in [-0.15, -0.1) is 0 Å². The number of hydrogen-bond donors (Lipinski definition) is 0. The molecule has 106 valence electrons. The van der Waals surface area contributed by atoms with Crippen molar-refractivity contribution < 1.29 is 22.7 Å². The van der Waals surface area contributed by atoms with Gasteiger partial charge in [-0.05, 0) is 32.4 Å². The van der Waals surface area contributed by atoms with E-state index in [0.717, 1.165) is 6.07 Å². The first-order valence-electron chi connectivity index (χ1n) is 5.57. The van der Waals surface area contributed by atoms with E-state index in [1.807, 2.05) is 0 Å². The van der Waals surface area contributed by atoms with Crippen LogP contribution in [0.3, 0.4) is 0 Å². The molecule has 0 aliphatic carbocycles. The fourth-order valence-corrected chi connectivity index (χ4v) is 1.87. The van der Waals surface area contributed by atoms with Crippen LogP contribution in [0.15, 0.2) is 18.2 Å². The zero-order chi connectivity index (χ0) is 14.8. The third-order valence-corrected chi connectivity index (χ3v) is 2.45. The lowest BCUT2D eigenvalue weighted by Gasteiger charge is -2.20. The molecule has 0 atom stereocenters. The molecule has 0 heterocycles. The lowest BCUT2D eigenvalue weighted by atomic mass is 10.0. The van der Waals surface area contributed by atoms with Crippen molar-refractivity contribution in [2.75, 3.05) is 0 Å². The van der Waals surface area contributed by atoms with Gasteiger partial charge >= 0.3 is 12.1 Å². The topological polar surface area (TPSA) is 26.3 Å². The van der Waals surface area contributed by atoms with Gasteiger partial charge in [0.15, 0.2) is 0 Å². The lowest BCUT2D eigenvalue weighted by Crippen LogP contribution is -2.25. The standard InChI is InChI=1S/C13H14ClF3O2/c1-12(2,3)19-10(18)7-8-5-4-6-9(14)11(8)13(15,16)17/h4-6H,7H2,1-3H3. The minimum Gasteiger partial charge on any atom is -0.460 e. The van der Waals surface area contributed by atoms with Crippen LogP contribution < -0.4 is 0 Å². The molecule has 19 heavy (non-hydrogen) atoms. The SMILES string of the molecule is CC(C)(C)OC(=O)Cc1cccc(Cl)c1C(F)(F)F. The summed E-state index contributed by atoms with van der Waals surface area (Å²) in [6, 6.07) is 3.73. The van der Waals surface area contributed by atoms with E-state index in [2.05, 4.69) is 0 Å². The van der Waals surface area contributed by atoms with E-state index in [-0.39, 0.29) is 5.56 Å². The predicted octanol–water partition coefficient (Wildman–Crippen LogP) is 4.24. The molecule has 0 aliphatic rings. The van der Waals surface area contributed by atoms with Crippen molar-refractivity contribution in [3.8, 4) is 0 Å². The van der Waals surface area contributed by atoms with Gasteiger partial charge in [0, 0.05) is 0 Å². The van der Waals surface area contributed by atoms with Crippen LogP contribution in [0.25, 0.3) is 0 Å². The summed E-state index contributed by atoms with van der Waals surface area (Å²) in [6.45, 7) is 4.94. The molecule has 6 heteroatoms. The van der Waals surface area contributed by atoms with Crippen LogP contribution in [0, 0.1) is 0 Å². The first-order valence-corrected chi connectivity index (χ1v) is 5.95. The zero-order valence-electron chi connectivity index (χ0n) is 10.8. The molecule has 0 N–H and O–H groups in total. The van der Waals surface area contributed by atoms with Crippen LogP contribution in [0.4, 0.5) is 13.2 Å². The monoisotopic (exact) mass is 294 g/mol. The Kier molecular flexibility index (Phi) is 4.50. The van der Waals surface area contributed by atoms with Crippen LogP contribution in [0.2, 0.25) is 5.02 Å². The highest BCUT2D eigenvalue weighted by atomic mass is 35.5. The van der Waals surface area contributed by atoms with Crippen molar-refractivity contribution in [2.45, 2.75) is 39.0 Å². The molecule has 1 rings (SSSR count). The number of carbonyl (C=O) groups is 1. The van der Waals surface area contributed by atoms with Crippen LogP contribution in [0.5, 0.6) is 0 Å². The van der Waals surface area contributed by atoms with E-state index in [9.17, 15) is 18.0 Å². The second-order valence-electron chi connectivity index (χ2n) is 5.03. The van der Waals surface area contributed by atoms with E-state index < -0.39 is 34.8 Å². The highest BCUT2D eigenvalue weighted by Gasteiger charge is 2.36. The molecule has 0 bridgehead atoms. The predicted molar refractivity (Wildman–Crippen MR) is 66.0 cm³/mol. The molecule has 0 saturated heterocycles. The molecule has 0 radical (unpaired) electrons. The fraction of sp³-hybridized carbons (Fsp3) is 0.462. The Balaban J connectivity index is 3.03. The summed E-state index contributed by atoms with van der Waals surface area (Å²) in [4.78, 5) is 11.6. The highest BCUT2D eigenvalue weighted by Crippen LogP contribution is 2.37. The van der Waals surface area contributed by atoms with Crippen molar-refractivity contribution in [2.24, 2.45) is 0 Å². The Morgan fingerprint density at radius 2 is 1.84 bits per heavy atom. The average Bonchev–Trinajstić information content (AvgIpc) is 2.11. The first-order chi connectivity index (χ1) is 8.50. The van der Waals surface area contributed by atoms with Crippen molar-refractivity contribution >= 4 is 17.6 Å². The lowest BCUT2D eigenvalue weighted by molar-refractivity contribution is -0.154. The first kappa shape index (κ1) is 15.8. The van der Waals surface area contributed by atoms with Gasteiger partial charge in [0.1, 0.15) is 5.60 Å². The molecule has 0 amide bonds. The van der Waals surface area contributed by atoms with Crippen LogP contribution in [0.1, 0.15) is 31.9 Å². The van der Waals surface area contributed by atoms with Gasteiger partial charge in [0.05, 0.1) is 17.0 Å². The van der Waals surface area contributed by atoms with Crippen LogP contribution >= 0.6 is 11.6 Å². The van der Waals surface area contributed by atoms with Crippen molar-refractivity contribution in [1.29, 1.82) is 0 Å². The van der Waals surface area contributed by atoms with Crippen molar-refractivity contribution in [3.05, 3.63) is 34.3 Å². The van der Waals surface area contributed by atoms with E-state index in [1.54, 1.807) is 20.8 Å². The maximum absolute atomic E-state index is 12.9. The Bertz CT molecular complexity index is 476. The molecule has 0 aromatic heterocycles. The molecular formula is C13H14ClF3O2. The summed E-state index contributed by atoms with van der Waals surface area (Å²) < 4.78 is 43.6. The minimum absolute atomic E-state index is 0.186. The van der Waals surface area contributed by atoms with Gasteiger partial charge in [-0.1, -0.05) is 23.7 Å². The van der Waals surface area contributed by atoms with E-state index in [0.29, 0.717) is 0 Å². The fourth-order valence-electron chi connectivity index (χ4n) is 1.57. The molecule has 2 nitrogen and oxygen atoms in total. The maximum Gasteiger partial charge on any atom is 0.418 e. The molecule has 1 aromatic rings.